The summed E-state index contributed by atoms with van der Waals surface area (Å²) in [6, 6.07) is 7.97. The Balaban J connectivity index is 2.50. The number of aromatic nitrogens is 1. The summed E-state index contributed by atoms with van der Waals surface area (Å²) in [5, 5.41) is 9.76. The van der Waals surface area contributed by atoms with Gasteiger partial charge < -0.3 is 5.11 Å². The van der Waals surface area contributed by atoms with Crippen molar-refractivity contribution in [2.24, 2.45) is 0 Å². The van der Waals surface area contributed by atoms with Crippen LogP contribution in [-0.2, 0) is 6.61 Å². The number of hydrogen-bond donors (Lipinski definition) is 1. The molecule has 0 bridgehead atoms. The van der Waals surface area contributed by atoms with Crippen molar-refractivity contribution in [2.45, 2.75) is 6.61 Å². The van der Waals surface area contributed by atoms with Crippen molar-refractivity contribution in [3.05, 3.63) is 51.9 Å². The molecule has 1 aromatic heterocycles. The summed E-state index contributed by atoms with van der Waals surface area (Å²) < 4.78 is 13.4. The highest BCUT2D eigenvalue weighted by molar-refractivity contribution is 6.36. The van der Waals surface area contributed by atoms with Crippen LogP contribution in [0.2, 0.25) is 10.0 Å². The van der Waals surface area contributed by atoms with Gasteiger partial charge in [-0.3, -0.25) is 0 Å². The molecule has 2 nitrogen and oxygen atoms in total. The molecule has 0 atom stereocenters. The Morgan fingerprint density at radius 1 is 1.18 bits per heavy atom. The van der Waals surface area contributed by atoms with E-state index in [1.165, 1.54) is 6.07 Å². The van der Waals surface area contributed by atoms with Gasteiger partial charge >= 0.3 is 0 Å². The van der Waals surface area contributed by atoms with Crippen LogP contribution in [0.1, 0.15) is 5.56 Å². The molecule has 0 aliphatic carbocycles. The van der Waals surface area contributed by atoms with E-state index in [4.69, 9.17) is 28.3 Å². The van der Waals surface area contributed by atoms with Crippen molar-refractivity contribution >= 4 is 23.2 Å². The third-order valence-electron chi connectivity index (χ3n) is 2.30. The Morgan fingerprint density at radius 3 is 2.53 bits per heavy atom. The van der Waals surface area contributed by atoms with Gasteiger partial charge in [-0.1, -0.05) is 23.2 Å². The highest BCUT2D eigenvalue weighted by Gasteiger charge is 2.09. The first-order chi connectivity index (χ1) is 8.11. The van der Waals surface area contributed by atoms with Crippen LogP contribution < -0.4 is 0 Å². The maximum absolute atomic E-state index is 13.4. The van der Waals surface area contributed by atoms with Gasteiger partial charge in [-0.15, -0.1) is 0 Å². The molecule has 0 fully saturated rings. The van der Waals surface area contributed by atoms with Crippen LogP contribution in [0.15, 0.2) is 30.3 Å². The van der Waals surface area contributed by atoms with Crippen LogP contribution in [0.4, 0.5) is 4.39 Å². The Bertz CT molecular complexity index is 560. The van der Waals surface area contributed by atoms with Gasteiger partial charge in [0.25, 0.3) is 0 Å². The molecule has 0 aliphatic heterocycles. The molecule has 17 heavy (non-hydrogen) atoms. The second-order valence-corrected chi connectivity index (χ2v) is 4.27. The van der Waals surface area contributed by atoms with Crippen LogP contribution in [0.3, 0.4) is 0 Å². The van der Waals surface area contributed by atoms with Crippen molar-refractivity contribution in [3.8, 4) is 11.3 Å². The van der Waals surface area contributed by atoms with Crippen molar-refractivity contribution < 1.29 is 9.50 Å². The topological polar surface area (TPSA) is 33.1 Å². The number of pyridine rings is 1. The summed E-state index contributed by atoms with van der Waals surface area (Å²) >= 11 is 11.8. The van der Waals surface area contributed by atoms with Crippen LogP contribution in [0.5, 0.6) is 0 Å². The largest absolute Gasteiger partial charge is 0.392 e. The lowest BCUT2D eigenvalue weighted by molar-refractivity contribution is 0.274. The second kappa shape index (κ2) is 5.00. The summed E-state index contributed by atoms with van der Waals surface area (Å²) in [6.07, 6.45) is 0. The van der Waals surface area contributed by atoms with E-state index in [1.54, 1.807) is 24.3 Å². The number of aliphatic hydroxyl groups is 1. The minimum Gasteiger partial charge on any atom is -0.392 e. The van der Waals surface area contributed by atoms with E-state index in [2.05, 4.69) is 4.98 Å². The molecule has 2 rings (SSSR count). The third-order valence-corrected chi connectivity index (χ3v) is 2.85. The highest BCUT2D eigenvalue weighted by atomic mass is 35.5. The first kappa shape index (κ1) is 12.3. The summed E-state index contributed by atoms with van der Waals surface area (Å²) in [6.45, 7) is -0.381. The predicted octanol–water partition coefficient (Wildman–Crippen LogP) is 3.69. The summed E-state index contributed by atoms with van der Waals surface area (Å²) in [5.41, 5.74) is 1.15. The molecule has 88 valence electrons. The van der Waals surface area contributed by atoms with Gasteiger partial charge in [0.05, 0.1) is 17.3 Å². The van der Waals surface area contributed by atoms with Gasteiger partial charge in [-0.25, -0.2) is 4.98 Å². The molecule has 0 radical (unpaired) electrons. The molecule has 1 aromatic carbocycles. The van der Waals surface area contributed by atoms with E-state index in [1.807, 2.05) is 0 Å². The quantitative estimate of drug-likeness (QED) is 0.846. The van der Waals surface area contributed by atoms with Gasteiger partial charge in [0.15, 0.2) is 0 Å². The summed E-state index contributed by atoms with van der Waals surface area (Å²) in [7, 11) is 0. The van der Waals surface area contributed by atoms with Gasteiger partial charge in [0, 0.05) is 16.1 Å². The predicted molar refractivity (Wildman–Crippen MR) is 65.6 cm³/mol. The molecule has 1 N–H and O–H groups in total. The van der Waals surface area contributed by atoms with E-state index in [-0.39, 0.29) is 12.2 Å². The van der Waals surface area contributed by atoms with E-state index < -0.39 is 5.95 Å². The van der Waals surface area contributed by atoms with E-state index in [9.17, 15) is 4.39 Å². The maximum Gasteiger partial charge on any atom is 0.218 e. The Kier molecular flexibility index (Phi) is 3.62. The number of hydrogen-bond acceptors (Lipinski definition) is 2. The lowest BCUT2D eigenvalue weighted by atomic mass is 10.1. The molecule has 5 heteroatoms. The van der Waals surface area contributed by atoms with Crippen molar-refractivity contribution in [2.75, 3.05) is 0 Å². The number of nitrogens with zero attached hydrogens (tertiary/aromatic N) is 1. The van der Waals surface area contributed by atoms with Crippen LogP contribution in [-0.4, -0.2) is 10.1 Å². The standard InChI is InChI=1S/C12H8Cl2FNO/c13-8-2-3-9(10(14)5-8)11-4-1-7(6-17)12(15)16-11/h1-5,17H,6H2. The zero-order valence-corrected chi connectivity index (χ0v) is 10.1. The molecular weight excluding hydrogens is 264 g/mol. The Hall–Kier alpha value is -1.16. The number of benzene rings is 1. The summed E-state index contributed by atoms with van der Waals surface area (Å²) in [4.78, 5) is 3.75. The molecule has 0 aliphatic rings. The average molecular weight is 272 g/mol. The lowest BCUT2D eigenvalue weighted by Crippen LogP contribution is -1.95. The van der Waals surface area contributed by atoms with Gasteiger partial charge in [-0.2, -0.15) is 4.39 Å². The maximum atomic E-state index is 13.4. The van der Waals surface area contributed by atoms with Crippen LogP contribution in [0, 0.1) is 5.95 Å². The van der Waals surface area contributed by atoms with E-state index in [0.29, 0.717) is 21.3 Å². The molecule has 0 spiro atoms. The molecule has 0 unspecified atom stereocenters. The Morgan fingerprint density at radius 2 is 1.94 bits per heavy atom. The molecule has 0 saturated heterocycles. The van der Waals surface area contributed by atoms with Crippen molar-refractivity contribution in [1.29, 1.82) is 0 Å². The first-order valence-electron chi connectivity index (χ1n) is 4.83. The van der Waals surface area contributed by atoms with Gasteiger partial charge in [-0.05, 0) is 30.3 Å². The fourth-order valence-electron chi connectivity index (χ4n) is 1.43. The average Bonchev–Trinajstić information content (AvgIpc) is 2.29. The molecule has 0 amide bonds. The van der Waals surface area contributed by atoms with Gasteiger partial charge in [0.2, 0.25) is 5.95 Å². The summed E-state index contributed by atoms with van der Waals surface area (Å²) in [5.74, 6) is -0.698. The first-order valence-corrected chi connectivity index (χ1v) is 5.59. The zero-order valence-electron chi connectivity index (χ0n) is 8.62. The van der Waals surface area contributed by atoms with Crippen molar-refractivity contribution in [3.63, 3.8) is 0 Å². The fourth-order valence-corrected chi connectivity index (χ4v) is 1.93. The van der Waals surface area contributed by atoms with E-state index >= 15 is 0 Å². The monoisotopic (exact) mass is 271 g/mol. The Labute approximate surface area is 108 Å². The van der Waals surface area contributed by atoms with Crippen LogP contribution >= 0.6 is 23.2 Å². The molecule has 2 aromatic rings. The minimum absolute atomic E-state index is 0.152. The normalized spacial score (nSPS) is 10.6. The molecule has 0 saturated carbocycles. The highest BCUT2D eigenvalue weighted by Crippen LogP contribution is 2.29. The third kappa shape index (κ3) is 2.57. The SMILES string of the molecule is OCc1ccc(-c2ccc(Cl)cc2Cl)nc1F. The van der Waals surface area contributed by atoms with Gasteiger partial charge in [0.1, 0.15) is 0 Å². The smallest absolute Gasteiger partial charge is 0.218 e. The molecular formula is C12H8Cl2FNO. The minimum atomic E-state index is -0.698. The number of aliphatic hydroxyl groups excluding tert-OH is 1. The number of halogens is 3. The number of rotatable bonds is 2. The fraction of sp³-hybridized carbons (Fsp3) is 0.0833. The van der Waals surface area contributed by atoms with Crippen molar-refractivity contribution in [1.82, 2.24) is 4.98 Å². The van der Waals surface area contributed by atoms with E-state index in [0.717, 1.165) is 0 Å². The van der Waals surface area contributed by atoms with Crippen LogP contribution in [0.25, 0.3) is 11.3 Å². The zero-order chi connectivity index (χ0) is 12.4. The second-order valence-electron chi connectivity index (χ2n) is 3.43. The lowest BCUT2D eigenvalue weighted by Gasteiger charge is -2.05. The molecule has 1 heterocycles.